The van der Waals surface area contributed by atoms with Gasteiger partial charge in [0.05, 0.1) is 11.9 Å². The number of hydrogen-bond acceptors (Lipinski definition) is 4. The van der Waals surface area contributed by atoms with Gasteiger partial charge >= 0.3 is 0 Å². The predicted octanol–water partition coefficient (Wildman–Crippen LogP) is 2.49. The van der Waals surface area contributed by atoms with Gasteiger partial charge in [-0.05, 0) is 6.92 Å². The van der Waals surface area contributed by atoms with Crippen molar-refractivity contribution in [2.24, 2.45) is 0 Å². The first-order chi connectivity index (χ1) is 7.96. The minimum Gasteiger partial charge on any atom is -0.259 e. The highest BCUT2D eigenvalue weighted by molar-refractivity contribution is 7.92. The average molecular weight is 268 g/mol. The third kappa shape index (κ3) is 3.04. The minimum atomic E-state index is -3.26. The number of nitrogens with one attached hydrogen (secondary N) is 1. The molecule has 1 aromatic carbocycles. The lowest BCUT2D eigenvalue weighted by Crippen LogP contribution is -2.08. The maximum Gasteiger partial charge on any atom is 0.231 e. The van der Waals surface area contributed by atoms with Gasteiger partial charge in [0, 0.05) is 10.4 Å². The van der Waals surface area contributed by atoms with Crippen LogP contribution >= 0.6 is 11.3 Å². The van der Waals surface area contributed by atoms with Crippen molar-refractivity contribution in [3.63, 3.8) is 0 Å². The van der Waals surface area contributed by atoms with Gasteiger partial charge in [0.25, 0.3) is 0 Å². The van der Waals surface area contributed by atoms with Gasteiger partial charge in [-0.2, -0.15) is 0 Å². The van der Waals surface area contributed by atoms with Crippen LogP contribution in [0.15, 0.2) is 30.3 Å². The lowest BCUT2D eigenvalue weighted by molar-refractivity contribution is 0.607. The summed E-state index contributed by atoms with van der Waals surface area (Å²) < 4.78 is 24.6. The second-order valence-corrected chi connectivity index (χ2v) is 6.62. The van der Waals surface area contributed by atoms with Gasteiger partial charge in [-0.15, -0.1) is 11.3 Å². The molecule has 0 aliphatic heterocycles. The summed E-state index contributed by atoms with van der Waals surface area (Å²) in [6.07, 6.45) is 1.12. The van der Waals surface area contributed by atoms with Crippen molar-refractivity contribution in [3.8, 4) is 11.3 Å². The number of thiazole rings is 1. The number of anilines is 1. The molecular formula is C11H12N2O2S2. The lowest BCUT2D eigenvalue weighted by atomic mass is 10.1. The second kappa shape index (κ2) is 4.46. The molecule has 1 heterocycles. The van der Waals surface area contributed by atoms with Gasteiger partial charge in [0.1, 0.15) is 0 Å². The van der Waals surface area contributed by atoms with Crippen molar-refractivity contribution < 1.29 is 8.42 Å². The van der Waals surface area contributed by atoms with Crippen LogP contribution in [-0.4, -0.2) is 19.7 Å². The highest BCUT2D eigenvalue weighted by atomic mass is 32.2. The Bertz CT molecular complexity index is 618. The maximum atomic E-state index is 11.1. The molecular weight excluding hydrogens is 256 g/mol. The van der Waals surface area contributed by atoms with Gasteiger partial charge in [-0.1, -0.05) is 30.3 Å². The fourth-order valence-corrected chi connectivity index (χ4v) is 3.13. The van der Waals surface area contributed by atoms with Crippen LogP contribution in [-0.2, 0) is 10.0 Å². The van der Waals surface area contributed by atoms with E-state index < -0.39 is 10.0 Å². The number of nitrogens with zero attached hydrogens (tertiary/aromatic N) is 1. The van der Waals surface area contributed by atoms with E-state index in [2.05, 4.69) is 9.71 Å². The van der Waals surface area contributed by atoms with Crippen molar-refractivity contribution in [2.45, 2.75) is 6.92 Å². The smallest absolute Gasteiger partial charge is 0.231 e. The molecule has 0 fully saturated rings. The van der Waals surface area contributed by atoms with Crippen molar-refractivity contribution in [3.05, 3.63) is 35.2 Å². The Morgan fingerprint density at radius 1 is 1.24 bits per heavy atom. The zero-order valence-electron chi connectivity index (χ0n) is 9.47. The third-order valence-electron chi connectivity index (χ3n) is 2.12. The van der Waals surface area contributed by atoms with Crippen LogP contribution < -0.4 is 4.72 Å². The Kier molecular flexibility index (Phi) is 3.17. The summed E-state index contributed by atoms with van der Waals surface area (Å²) >= 11 is 1.33. The quantitative estimate of drug-likeness (QED) is 0.930. The van der Waals surface area contributed by atoms with Gasteiger partial charge < -0.3 is 0 Å². The van der Waals surface area contributed by atoms with Crippen LogP contribution in [0.2, 0.25) is 0 Å². The minimum absolute atomic E-state index is 0.406. The molecule has 0 amide bonds. The summed E-state index contributed by atoms with van der Waals surface area (Å²) in [6, 6.07) is 9.69. The molecule has 0 unspecified atom stereocenters. The molecule has 0 saturated heterocycles. The van der Waals surface area contributed by atoms with Crippen LogP contribution in [0.1, 0.15) is 4.88 Å². The summed E-state index contributed by atoms with van der Waals surface area (Å²) in [5, 5.41) is 0.406. The molecule has 17 heavy (non-hydrogen) atoms. The molecule has 4 nitrogen and oxygen atoms in total. The average Bonchev–Trinajstić information content (AvgIpc) is 2.58. The van der Waals surface area contributed by atoms with Crippen molar-refractivity contribution in [2.75, 3.05) is 11.0 Å². The first kappa shape index (κ1) is 12.1. The highest BCUT2D eigenvalue weighted by Gasteiger charge is 2.11. The molecule has 0 aliphatic rings. The van der Waals surface area contributed by atoms with E-state index in [0.717, 1.165) is 22.4 Å². The maximum absolute atomic E-state index is 11.1. The molecule has 6 heteroatoms. The summed E-state index contributed by atoms with van der Waals surface area (Å²) in [7, 11) is -3.26. The van der Waals surface area contributed by atoms with E-state index in [1.165, 1.54) is 11.3 Å². The first-order valence-corrected chi connectivity index (χ1v) is 7.67. The van der Waals surface area contributed by atoms with E-state index in [1.807, 2.05) is 37.3 Å². The van der Waals surface area contributed by atoms with Crippen LogP contribution in [0.4, 0.5) is 5.13 Å². The summed E-state index contributed by atoms with van der Waals surface area (Å²) in [5.41, 5.74) is 1.81. The molecule has 0 spiro atoms. The molecule has 0 radical (unpaired) electrons. The van der Waals surface area contributed by atoms with Gasteiger partial charge in [-0.3, -0.25) is 4.72 Å². The molecule has 1 N–H and O–H groups in total. The number of aromatic nitrogens is 1. The molecule has 90 valence electrons. The first-order valence-electron chi connectivity index (χ1n) is 4.96. The van der Waals surface area contributed by atoms with Crippen molar-refractivity contribution >= 4 is 26.5 Å². The van der Waals surface area contributed by atoms with Gasteiger partial charge in [0.2, 0.25) is 10.0 Å². The van der Waals surface area contributed by atoms with Crippen LogP contribution in [0, 0.1) is 6.92 Å². The number of benzene rings is 1. The van der Waals surface area contributed by atoms with Gasteiger partial charge in [-0.25, -0.2) is 13.4 Å². The fraction of sp³-hybridized carbons (Fsp3) is 0.182. The van der Waals surface area contributed by atoms with Crippen molar-refractivity contribution in [1.82, 2.24) is 4.98 Å². The number of rotatable bonds is 3. The molecule has 0 atom stereocenters. The number of hydrogen-bond donors (Lipinski definition) is 1. The number of sulfonamides is 1. The fourth-order valence-electron chi connectivity index (χ4n) is 1.46. The predicted molar refractivity (Wildman–Crippen MR) is 70.8 cm³/mol. The normalized spacial score (nSPS) is 11.4. The molecule has 2 rings (SSSR count). The van der Waals surface area contributed by atoms with Crippen molar-refractivity contribution in [1.29, 1.82) is 0 Å². The Morgan fingerprint density at radius 3 is 2.47 bits per heavy atom. The summed E-state index contributed by atoms with van der Waals surface area (Å²) in [4.78, 5) is 5.28. The van der Waals surface area contributed by atoms with E-state index in [1.54, 1.807) is 0 Å². The van der Waals surface area contributed by atoms with E-state index in [-0.39, 0.29) is 0 Å². The van der Waals surface area contributed by atoms with E-state index in [4.69, 9.17) is 0 Å². The Morgan fingerprint density at radius 2 is 1.88 bits per heavy atom. The lowest BCUT2D eigenvalue weighted by Gasteiger charge is -1.97. The molecule has 1 aromatic heterocycles. The zero-order valence-corrected chi connectivity index (χ0v) is 11.1. The molecule has 0 saturated carbocycles. The second-order valence-electron chi connectivity index (χ2n) is 3.66. The Balaban J connectivity index is 2.38. The monoisotopic (exact) mass is 268 g/mol. The topological polar surface area (TPSA) is 59.1 Å². The van der Waals surface area contributed by atoms with Crippen LogP contribution in [0.25, 0.3) is 11.3 Å². The Labute approximate surface area is 104 Å². The molecule has 0 bridgehead atoms. The van der Waals surface area contributed by atoms with E-state index in [9.17, 15) is 8.42 Å². The third-order valence-corrected chi connectivity index (χ3v) is 3.70. The number of aryl methyl sites for hydroxylation is 1. The SMILES string of the molecule is Cc1sc(NS(C)(=O)=O)nc1-c1ccccc1. The van der Waals surface area contributed by atoms with Gasteiger partial charge in [0.15, 0.2) is 5.13 Å². The summed E-state index contributed by atoms with van der Waals surface area (Å²) in [6.45, 7) is 1.92. The molecule has 2 aromatic rings. The largest absolute Gasteiger partial charge is 0.259 e. The van der Waals surface area contributed by atoms with E-state index in [0.29, 0.717) is 5.13 Å². The zero-order chi connectivity index (χ0) is 12.5. The highest BCUT2D eigenvalue weighted by Crippen LogP contribution is 2.30. The Hall–Kier alpha value is -1.40. The van der Waals surface area contributed by atoms with Crippen LogP contribution in [0.5, 0.6) is 0 Å². The van der Waals surface area contributed by atoms with E-state index >= 15 is 0 Å². The molecule has 0 aliphatic carbocycles. The summed E-state index contributed by atoms with van der Waals surface area (Å²) in [5.74, 6) is 0. The van der Waals surface area contributed by atoms with Crippen LogP contribution in [0.3, 0.4) is 0 Å². The standard InChI is InChI=1S/C11H12N2O2S2/c1-8-10(9-6-4-3-5-7-9)12-11(16-8)13-17(2,14)15/h3-7H,1-2H3,(H,12,13).